The second-order valence-electron chi connectivity index (χ2n) is 7.90. The topological polar surface area (TPSA) is 93.6 Å². The summed E-state index contributed by atoms with van der Waals surface area (Å²) in [5.41, 5.74) is 6.41. The molecule has 0 aliphatic heterocycles. The Hall–Kier alpha value is -3.78. The maximum absolute atomic E-state index is 11.9. The minimum atomic E-state index is -3.30. The molecule has 0 aliphatic rings. The van der Waals surface area contributed by atoms with Gasteiger partial charge in [-0.2, -0.15) is 0 Å². The van der Waals surface area contributed by atoms with Gasteiger partial charge < -0.3 is 4.57 Å². The summed E-state index contributed by atoms with van der Waals surface area (Å²) in [6.07, 6.45) is 4.80. The van der Waals surface area contributed by atoms with Crippen LogP contribution in [0.4, 0.5) is 0 Å². The number of hydrogen-bond acceptors (Lipinski definition) is 5. The average molecular weight is 444 g/mol. The first-order valence-electron chi connectivity index (χ1n) is 10.0. The molecule has 7 nitrogen and oxygen atoms in total. The predicted octanol–water partition coefficient (Wildman–Crippen LogP) is 3.77. The fraction of sp³-hybridized carbons (Fsp3) is 0.125. The first kappa shape index (κ1) is 20.1. The lowest BCUT2D eigenvalue weighted by molar-refractivity contribution is 0.602. The van der Waals surface area contributed by atoms with Gasteiger partial charge in [-0.05, 0) is 55.0 Å². The van der Waals surface area contributed by atoms with Gasteiger partial charge in [0.2, 0.25) is 5.62 Å². The standard InChI is InChI=1S/C24H21N5O2S/c1-15-4-5-17(13-26-15)16-6-11-21-20(12-16)23-22(14-27-21)28(2)24(25)29(23)18-7-9-19(10-8-18)32(3,30)31/h4-14,25H,1-3H3. The van der Waals surface area contributed by atoms with Crippen LogP contribution in [-0.2, 0) is 16.9 Å². The van der Waals surface area contributed by atoms with Crippen molar-refractivity contribution >= 4 is 31.8 Å². The van der Waals surface area contributed by atoms with Crippen molar-refractivity contribution in [3.05, 3.63) is 78.3 Å². The summed E-state index contributed by atoms with van der Waals surface area (Å²) in [6.45, 7) is 1.95. The second-order valence-corrected chi connectivity index (χ2v) is 9.91. The van der Waals surface area contributed by atoms with Crippen molar-refractivity contribution in [1.29, 1.82) is 5.41 Å². The fourth-order valence-corrected chi connectivity index (χ4v) is 4.56. The molecule has 2 aromatic carbocycles. The van der Waals surface area contributed by atoms with E-state index in [4.69, 9.17) is 5.41 Å². The number of rotatable bonds is 3. The normalized spacial score (nSPS) is 12.0. The Balaban J connectivity index is 1.81. The van der Waals surface area contributed by atoms with Crippen LogP contribution in [0, 0.1) is 12.3 Å². The molecule has 0 bridgehead atoms. The van der Waals surface area contributed by atoms with Crippen LogP contribution >= 0.6 is 0 Å². The van der Waals surface area contributed by atoms with E-state index in [0.717, 1.165) is 38.8 Å². The fourth-order valence-electron chi connectivity index (χ4n) is 3.93. The monoisotopic (exact) mass is 443 g/mol. The molecule has 32 heavy (non-hydrogen) atoms. The van der Waals surface area contributed by atoms with Crippen molar-refractivity contribution in [2.75, 3.05) is 6.26 Å². The van der Waals surface area contributed by atoms with Gasteiger partial charge in [-0.3, -0.25) is 19.9 Å². The van der Waals surface area contributed by atoms with Crippen LogP contribution in [0.15, 0.2) is 71.9 Å². The van der Waals surface area contributed by atoms with Crippen molar-refractivity contribution in [1.82, 2.24) is 19.1 Å². The molecule has 0 aliphatic carbocycles. The number of benzene rings is 2. The molecular weight excluding hydrogens is 422 g/mol. The number of fused-ring (bicyclic) bond motifs is 3. The second kappa shape index (κ2) is 7.13. The first-order valence-corrected chi connectivity index (χ1v) is 11.9. The number of hydrogen-bond donors (Lipinski definition) is 1. The molecule has 0 fully saturated rings. The first-order chi connectivity index (χ1) is 15.2. The third-order valence-corrected chi connectivity index (χ3v) is 6.83. The van der Waals surface area contributed by atoms with E-state index in [9.17, 15) is 8.42 Å². The van der Waals surface area contributed by atoms with E-state index in [1.54, 1.807) is 35.0 Å². The van der Waals surface area contributed by atoms with Crippen LogP contribution in [0.3, 0.4) is 0 Å². The van der Waals surface area contributed by atoms with Crippen LogP contribution in [0.25, 0.3) is 38.8 Å². The molecule has 8 heteroatoms. The Morgan fingerprint density at radius 2 is 1.62 bits per heavy atom. The van der Waals surface area contributed by atoms with E-state index in [2.05, 4.69) is 16.0 Å². The number of sulfone groups is 1. The Morgan fingerprint density at radius 1 is 0.906 bits per heavy atom. The van der Waals surface area contributed by atoms with Gasteiger partial charge in [0.1, 0.15) is 0 Å². The zero-order valence-electron chi connectivity index (χ0n) is 17.9. The number of pyridine rings is 2. The summed E-state index contributed by atoms with van der Waals surface area (Å²) in [4.78, 5) is 9.25. The SMILES string of the molecule is Cc1ccc(-c2ccc3ncc4c(c3c2)n(-c2ccc(S(C)(=O)=O)cc2)c(=N)n4C)cn1. The van der Waals surface area contributed by atoms with Crippen LogP contribution < -0.4 is 5.62 Å². The molecule has 0 radical (unpaired) electrons. The highest BCUT2D eigenvalue weighted by Gasteiger charge is 2.16. The zero-order valence-corrected chi connectivity index (χ0v) is 18.7. The molecule has 3 heterocycles. The predicted molar refractivity (Wildman–Crippen MR) is 124 cm³/mol. The quantitative estimate of drug-likeness (QED) is 0.459. The molecule has 1 N–H and O–H groups in total. The highest BCUT2D eigenvalue weighted by molar-refractivity contribution is 7.90. The zero-order chi connectivity index (χ0) is 22.6. The lowest BCUT2D eigenvalue weighted by atomic mass is 10.0. The number of nitrogens with one attached hydrogen (secondary N) is 1. The number of aromatic nitrogens is 4. The molecule has 0 amide bonds. The third kappa shape index (κ3) is 3.20. The smallest absolute Gasteiger partial charge is 0.207 e. The van der Waals surface area contributed by atoms with Crippen LogP contribution in [0.1, 0.15) is 5.69 Å². The molecule has 3 aromatic heterocycles. The number of nitrogens with zero attached hydrogens (tertiary/aromatic N) is 4. The summed E-state index contributed by atoms with van der Waals surface area (Å²) in [5, 5.41) is 9.63. The highest BCUT2D eigenvalue weighted by Crippen LogP contribution is 2.29. The van der Waals surface area contributed by atoms with Gasteiger partial charge in [0, 0.05) is 41.8 Å². The maximum atomic E-state index is 11.9. The Kier molecular flexibility index (Phi) is 4.49. The Labute approximate surface area is 185 Å². The molecule has 0 saturated heterocycles. The van der Waals surface area contributed by atoms with E-state index in [1.807, 2.05) is 49.0 Å². The van der Waals surface area contributed by atoms with E-state index >= 15 is 0 Å². The summed E-state index contributed by atoms with van der Waals surface area (Å²) in [6, 6.07) is 16.7. The van der Waals surface area contributed by atoms with Crippen molar-refractivity contribution in [2.24, 2.45) is 7.05 Å². The van der Waals surface area contributed by atoms with Gasteiger partial charge >= 0.3 is 0 Å². The summed E-state index contributed by atoms with van der Waals surface area (Å²) in [5.74, 6) is 0. The molecule has 0 unspecified atom stereocenters. The molecule has 160 valence electrons. The molecule has 5 rings (SSSR count). The lowest BCUT2D eigenvalue weighted by Gasteiger charge is -2.09. The van der Waals surface area contributed by atoms with Crippen LogP contribution in [0.5, 0.6) is 0 Å². The highest BCUT2D eigenvalue weighted by atomic mass is 32.2. The molecular formula is C24H21N5O2S. The summed E-state index contributed by atoms with van der Waals surface area (Å²) in [7, 11) is -1.47. The van der Waals surface area contributed by atoms with E-state index in [1.165, 1.54) is 6.26 Å². The molecule has 0 spiro atoms. The lowest BCUT2D eigenvalue weighted by Crippen LogP contribution is -2.21. The maximum Gasteiger partial charge on any atom is 0.207 e. The number of aryl methyl sites for hydroxylation is 2. The van der Waals surface area contributed by atoms with Gasteiger partial charge in [-0.25, -0.2) is 8.42 Å². The van der Waals surface area contributed by atoms with Gasteiger partial charge in [0.05, 0.1) is 27.6 Å². The van der Waals surface area contributed by atoms with Crippen molar-refractivity contribution in [3.63, 3.8) is 0 Å². The van der Waals surface area contributed by atoms with Gasteiger partial charge in [0.25, 0.3) is 0 Å². The van der Waals surface area contributed by atoms with E-state index in [-0.39, 0.29) is 10.5 Å². The Bertz CT molecular complexity index is 1660. The van der Waals surface area contributed by atoms with Crippen LogP contribution in [-0.4, -0.2) is 33.8 Å². The molecule has 5 aromatic rings. The van der Waals surface area contributed by atoms with Crippen molar-refractivity contribution in [2.45, 2.75) is 11.8 Å². The molecule has 0 atom stereocenters. The number of imidazole rings is 1. The van der Waals surface area contributed by atoms with Crippen molar-refractivity contribution in [3.8, 4) is 16.8 Å². The molecule has 0 saturated carbocycles. The van der Waals surface area contributed by atoms with E-state index < -0.39 is 9.84 Å². The summed E-state index contributed by atoms with van der Waals surface area (Å²) < 4.78 is 27.3. The largest absolute Gasteiger partial charge is 0.312 e. The van der Waals surface area contributed by atoms with Gasteiger partial charge in [0.15, 0.2) is 9.84 Å². The van der Waals surface area contributed by atoms with Crippen molar-refractivity contribution < 1.29 is 8.42 Å². The van der Waals surface area contributed by atoms with Crippen LogP contribution in [0.2, 0.25) is 0 Å². The van der Waals surface area contributed by atoms with Gasteiger partial charge in [-0.15, -0.1) is 0 Å². The summed E-state index contributed by atoms with van der Waals surface area (Å²) >= 11 is 0. The van der Waals surface area contributed by atoms with Gasteiger partial charge in [-0.1, -0.05) is 12.1 Å². The third-order valence-electron chi connectivity index (χ3n) is 5.70. The average Bonchev–Trinajstić information content (AvgIpc) is 3.04. The minimum Gasteiger partial charge on any atom is -0.312 e. The van der Waals surface area contributed by atoms with E-state index in [0.29, 0.717) is 5.69 Å². The minimum absolute atomic E-state index is 0.245. The Morgan fingerprint density at radius 3 is 2.28 bits per heavy atom.